The van der Waals surface area contributed by atoms with Gasteiger partial charge in [0.25, 0.3) is 0 Å². The lowest BCUT2D eigenvalue weighted by Gasteiger charge is -2.04. The van der Waals surface area contributed by atoms with Gasteiger partial charge in [0, 0.05) is 5.41 Å². The molecule has 0 saturated carbocycles. The van der Waals surface area contributed by atoms with Crippen LogP contribution in [0, 0.1) is 0 Å². The van der Waals surface area contributed by atoms with Crippen molar-refractivity contribution in [3.8, 4) is 0 Å². The monoisotopic (exact) mass is 253 g/mol. The topological polar surface area (TPSA) is 60.2 Å². The number of allylic oxidation sites excluding steroid dienone is 1. The third-order valence-corrected chi connectivity index (χ3v) is 3.25. The number of benzene rings is 1. The Hall–Kier alpha value is -1.13. The van der Waals surface area contributed by atoms with E-state index in [0.29, 0.717) is 5.57 Å². The first-order valence-electron chi connectivity index (χ1n) is 5.73. The van der Waals surface area contributed by atoms with Gasteiger partial charge >= 0.3 is 0 Å². The molecule has 1 aromatic carbocycles. The Kier molecular flexibility index (Phi) is 4.90. The highest BCUT2D eigenvalue weighted by Gasteiger charge is 2.01. The third kappa shape index (κ3) is 5.15. The average Bonchev–Trinajstić information content (AvgIpc) is 2.24. The van der Waals surface area contributed by atoms with E-state index in [0.717, 1.165) is 17.4 Å². The molecule has 4 heteroatoms. The molecular weight excluding hydrogens is 234 g/mol. The minimum Gasteiger partial charge on any atom is -0.225 e. The standard InChI is InChI=1S/C13H19NO2S/c1-3-4-5-12-6-8-13(9-7-12)11(2)10-17(14,15)16/h6-10H,3-5H2,1-2H3,(H2,14,15,16). The Morgan fingerprint density at radius 1 is 1.29 bits per heavy atom. The number of primary sulfonamides is 1. The Morgan fingerprint density at radius 3 is 2.35 bits per heavy atom. The van der Waals surface area contributed by atoms with Crippen LogP contribution in [-0.2, 0) is 16.4 Å². The summed E-state index contributed by atoms with van der Waals surface area (Å²) in [7, 11) is -3.56. The van der Waals surface area contributed by atoms with Crippen LogP contribution in [0.15, 0.2) is 29.7 Å². The maximum Gasteiger partial charge on any atom is 0.231 e. The summed E-state index contributed by atoms with van der Waals surface area (Å²) in [6.45, 7) is 3.90. The van der Waals surface area contributed by atoms with Crippen LogP contribution in [0.1, 0.15) is 37.8 Å². The molecule has 0 aliphatic carbocycles. The van der Waals surface area contributed by atoms with Gasteiger partial charge in [0.15, 0.2) is 0 Å². The van der Waals surface area contributed by atoms with Gasteiger partial charge < -0.3 is 0 Å². The van der Waals surface area contributed by atoms with Crippen LogP contribution in [0.25, 0.3) is 5.57 Å². The summed E-state index contributed by atoms with van der Waals surface area (Å²) in [5.74, 6) is 0. The first-order chi connectivity index (χ1) is 7.92. The lowest BCUT2D eigenvalue weighted by molar-refractivity contribution is 0.606. The van der Waals surface area contributed by atoms with E-state index < -0.39 is 10.0 Å². The molecule has 0 aromatic heterocycles. The van der Waals surface area contributed by atoms with Gasteiger partial charge in [0.2, 0.25) is 10.0 Å². The van der Waals surface area contributed by atoms with Crippen molar-refractivity contribution in [3.63, 3.8) is 0 Å². The molecule has 0 unspecified atom stereocenters. The predicted octanol–water partition coefficient (Wildman–Crippen LogP) is 2.68. The molecular formula is C13H19NO2S. The summed E-state index contributed by atoms with van der Waals surface area (Å²) in [5.41, 5.74) is 2.83. The molecule has 2 N–H and O–H groups in total. The average molecular weight is 253 g/mol. The van der Waals surface area contributed by atoms with Gasteiger partial charge in [-0.05, 0) is 36.5 Å². The molecule has 0 radical (unpaired) electrons. The van der Waals surface area contributed by atoms with Crippen LogP contribution in [0.5, 0.6) is 0 Å². The van der Waals surface area contributed by atoms with Crippen LogP contribution in [0.4, 0.5) is 0 Å². The summed E-state index contributed by atoms with van der Waals surface area (Å²) in [4.78, 5) is 0. The SMILES string of the molecule is CCCCc1ccc(C(C)=CS(N)(=O)=O)cc1. The molecule has 0 fully saturated rings. The second-order valence-electron chi connectivity index (χ2n) is 4.19. The van der Waals surface area contributed by atoms with Crippen molar-refractivity contribution in [1.29, 1.82) is 0 Å². The highest BCUT2D eigenvalue weighted by molar-refractivity contribution is 7.92. The molecule has 1 aromatic rings. The van der Waals surface area contributed by atoms with Gasteiger partial charge in [0.05, 0.1) is 0 Å². The van der Waals surface area contributed by atoms with E-state index in [1.807, 2.05) is 24.3 Å². The van der Waals surface area contributed by atoms with Crippen molar-refractivity contribution in [2.24, 2.45) is 5.14 Å². The van der Waals surface area contributed by atoms with Gasteiger partial charge in [0.1, 0.15) is 0 Å². The smallest absolute Gasteiger partial charge is 0.225 e. The van der Waals surface area contributed by atoms with E-state index >= 15 is 0 Å². The molecule has 1 rings (SSSR count). The number of aryl methyl sites for hydroxylation is 1. The normalized spacial score (nSPS) is 12.8. The molecule has 0 atom stereocenters. The van der Waals surface area contributed by atoms with Crippen molar-refractivity contribution in [3.05, 3.63) is 40.8 Å². The molecule has 0 aliphatic rings. The zero-order valence-corrected chi connectivity index (χ0v) is 11.1. The van der Waals surface area contributed by atoms with E-state index in [-0.39, 0.29) is 0 Å². The summed E-state index contributed by atoms with van der Waals surface area (Å²) in [6, 6.07) is 7.93. The summed E-state index contributed by atoms with van der Waals surface area (Å²) in [6.07, 6.45) is 3.41. The Balaban J connectivity index is 2.84. The molecule has 0 heterocycles. The molecule has 17 heavy (non-hydrogen) atoms. The Bertz CT molecular complexity index is 487. The maximum atomic E-state index is 10.9. The van der Waals surface area contributed by atoms with Crippen LogP contribution in [0.2, 0.25) is 0 Å². The summed E-state index contributed by atoms with van der Waals surface area (Å²) in [5, 5.41) is 6.06. The predicted molar refractivity (Wildman–Crippen MR) is 71.8 cm³/mol. The minimum atomic E-state index is -3.56. The van der Waals surface area contributed by atoms with Crippen molar-refractivity contribution in [2.45, 2.75) is 33.1 Å². The molecule has 0 bridgehead atoms. The van der Waals surface area contributed by atoms with E-state index in [4.69, 9.17) is 5.14 Å². The molecule has 0 amide bonds. The van der Waals surface area contributed by atoms with Crippen molar-refractivity contribution >= 4 is 15.6 Å². The first-order valence-corrected chi connectivity index (χ1v) is 7.33. The maximum absolute atomic E-state index is 10.9. The molecule has 0 aliphatic heterocycles. The second-order valence-corrected chi connectivity index (χ2v) is 5.60. The van der Waals surface area contributed by atoms with Crippen LogP contribution in [-0.4, -0.2) is 8.42 Å². The minimum absolute atomic E-state index is 0.662. The number of nitrogens with two attached hydrogens (primary N) is 1. The van der Waals surface area contributed by atoms with Crippen molar-refractivity contribution in [2.75, 3.05) is 0 Å². The van der Waals surface area contributed by atoms with Crippen molar-refractivity contribution < 1.29 is 8.42 Å². The zero-order chi connectivity index (χ0) is 12.9. The molecule has 0 spiro atoms. The van der Waals surface area contributed by atoms with Crippen LogP contribution < -0.4 is 5.14 Å². The van der Waals surface area contributed by atoms with Gasteiger partial charge in [-0.3, -0.25) is 0 Å². The highest BCUT2D eigenvalue weighted by atomic mass is 32.2. The number of unbranched alkanes of at least 4 members (excludes halogenated alkanes) is 1. The summed E-state index contributed by atoms with van der Waals surface area (Å²) < 4.78 is 21.8. The third-order valence-electron chi connectivity index (χ3n) is 2.57. The fourth-order valence-corrected chi connectivity index (χ4v) is 2.26. The Labute approximate surface area is 103 Å². The van der Waals surface area contributed by atoms with E-state index in [1.165, 1.54) is 18.4 Å². The number of hydrogen-bond donors (Lipinski definition) is 1. The van der Waals surface area contributed by atoms with Gasteiger partial charge in [-0.1, -0.05) is 37.6 Å². The quantitative estimate of drug-likeness (QED) is 0.877. The van der Waals surface area contributed by atoms with Crippen molar-refractivity contribution in [1.82, 2.24) is 0 Å². The molecule has 0 saturated heterocycles. The fraction of sp³-hybridized carbons (Fsp3) is 0.385. The van der Waals surface area contributed by atoms with Gasteiger partial charge in [-0.2, -0.15) is 0 Å². The largest absolute Gasteiger partial charge is 0.231 e. The molecule has 3 nitrogen and oxygen atoms in total. The number of sulfonamides is 1. The lowest BCUT2D eigenvalue weighted by Crippen LogP contribution is -2.07. The van der Waals surface area contributed by atoms with E-state index in [2.05, 4.69) is 6.92 Å². The fourth-order valence-electron chi connectivity index (χ4n) is 1.63. The summed E-state index contributed by atoms with van der Waals surface area (Å²) >= 11 is 0. The van der Waals surface area contributed by atoms with E-state index in [1.54, 1.807) is 6.92 Å². The van der Waals surface area contributed by atoms with E-state index in [9.17, 15) is 8.42 Å². The first kappa shape index (κ1) is 13.9. The number of rotatable bonds is 5. The highest BCUT2D eigenvalue weighted by Crippen LogP contribution is 2.16. The second kappa shape index (κ2) is 5.98. The lowest BCUT2D eigenvalue weighted by atomic mass is 10.0. The molecule has 94 valence electrons. The van der Waals surface area contributed by atoms with Crippen LogP contribution >= 0.6 is 0 Å². The van der Waals surface area contributed by atoms with Crippen LogP contribution in [0.3, 0.4) is 0 Å². The Morgan fingerprint density at radius 2 is 1.88 bits per heavy atom. The van der Waals surface area contributed by atoms with Gasteiger partial charge in [-0.15, -0.1) is 0 Å². The number of hydrogen-bond acceptors (Lipinski definition) is 2. The zero-order valence-electron chi connectivity index (χ0n) is 10.3. The van der Waals surface area contributed by atoms with Gasteiger partial charge in [-0.25, -0.2) is 13.6 Å².